The standard InChI is InChI=1S/C19H28N2O5S/c1-14(2)6-8-26-17-5-4-15(10-18(17)25-3)12-20-21-19(22)11-16-7-9-27(23,24)13-16/h4-5,10,12,14,16H,6-9,11,13H2,1-3H3,(H,21,22)/b20-12-/t16-/m0/s1. The van der Waals surface area contributed by atoms with Gasteiger partial charge in [-0.05, 0) is 48.4 Å². The van der Waals surface area contributed by atoms with Gasteiger partial charge in [0.1, 0.15) is 0 Å². The van der Waals surface area contributed by atoms with Gasteiger partial charge in [0.15, 0.2) is 21.3 Å². The van der Waals surface area contributed by atoms with Crippen LogP contribution in [0.2, 0.25) is 0 Å². The molecule has 0 bridgehead atoms. The van der Waals surface area contributed by atoms with E-state index in [0.29, 0.717) is 30.4 Å². The highest BCUT2D eigenvalue weighted by Gasteiger charge is 2.29. The smallest absolute Gasteiger partial charge is 0.240 e. The van der Waals surface area contributed by atoms with Crippen LogP contribution in [0.25, 0.3) is 0 Å². The van der Waals surface area contributed by atoms with Crippen molar-refractivity contribution in [3.05, 3.63) is 23.8 Å². The summed E-state index contributed by atoms with van der Waals surface area (Å²) < 4.78 is 33.9. The fourth-order valence-electron chi connectivity index (χ4n) is 2.81. The summed E-state index contributed by atoms with van der Waals surface area (Å²) in [6.45, 7) is 4.90. The van der Waals surface area contributed by atoms with Crippen molar-refractivity contribution in [2.24, 2.45) is 16.9 Å². The lowest BCUT2D eigenvalue weighted by Crippen LogP contribution is -2.21. The molecule has 0 saturated carbocycles. The minimum atomic E-state index is -2.97. The predicted molar refractivity (Wildman–Crippen MR) is 105 cm³/mol. The maximum atomic E-state index is 11.9. The normalized spacial score (nSPS) is 18.7. The maximum absolute atomic E-state index is 11.9. The first-order valence-corrected chi connectivity index (χ1v) is 10.9. The predicted octanol–water partition coefficient (Wildman–Crippen LogP) is 2.40. The molecule has 0 aliphatic carbocycles. The Morgan fingerprint density at radius 3 is 2.78 bits per heavy atom. The molecule has 1 saturated heterocycles. The van der Waals surface area contributed by atoms with Crippen molar-refractivity contribution in [2.45, 2.75) is 33.1 Å². The fourth-order valence-corrected chi connectivity index (χ4v) is 4.67. The SMILES string of the molecule is COc1cc(/C=N\NC(=O)C[C@@H]2CCS(=O)(=O)C2)ccc1OCCC(C)C. The van der Waals surface area contributed by atoms with E-state index < -0.39 is 9.84 Å². The highest BCUT2D eigenvalue weighted by molar-refractivity contribution is 7.91. The minimum absolute atomic E-state index is 0.0829. The van der Waals surface area contributed by atoms with Gasteiger partial charge in [-0.15, -0.1) is 0 Å². The number of sulfone groups is 1. The molecule has 0 unspecified atom stereocenters. The number of hydrogen-bond acceptors (Lipinski definition) is 6. The lowest BCUT2D eigenvalue weighted by Gasteiger charge is -2.12. The van der Waals surface area contributed by atoms with Gasteiger partial charge in [0, 0.05) is 6.42 Å². The molecule has 8 heteroatoms. The molecule has 1 fully saturated rings. The molecule has 1 aromatic rings. The zero-order chi connectivity index (χ0) is 19.9. The van der Waals surface area contributed by atoms with Gasteiger partial charge in [-0.2, -0.15) is 5.10 Å². The highest BCUT2D eigenvalue weighted by Crippen LogP contribution is 2.28. The largest absolute Gasteiger partial charge is 0.493 e. The molecule has 1 aromatic carbocycles. The quantitative estimate of drug-likeness (QED) is 0.511. The Hall–Kier alpha value is -2.09. The number of methoxy groups -OCH3 is 1. The van der Waals surface area contributed by atoms with Crippen molar-refractivity contribution in [3.63, 3.8) is 0 Å². The van der Waals surface area contributed by atoms with Gasteiger partial charge in [-0.25, -0.2) is 13.8 Å². The van der Waals surface area contributed by atoms with Gasteiger partial charge in [-0.1, -0.05) is 13.8 Å². The minimum Gasteiger partial charge on any atom is -0.493 e. The van der Waals surface area contributed by atoms with Crippen LogP contribution in [-0.2, 0) is 14.6 Å². The number of carbonyl (C=O) groups is 1. The third kappa shape index (κ3) is 7.21. The monoisotopic (exact) mass is 396 g/mol. The molecule has 1 N–H and O–H groups in total. The van der Waals surface area contributed by atoms with Crippen LogP contribution in [0.1, 0.15) is 38.7 Å². The number of hydrogen-bond donors (Lipinski definition) is 1. The number of nitrogens with one attached hydrogen (secondary N) is 1. The van der Waals surface area contributed by atoms with Crippen molar-refractivity contribution in [1.29, 1.82) is 0 Å². The number of carbonyl (C=O) groups excluding carboxylic acids is 1. The Morgan fingerprint density at radius 2 is 2.15 bits per heavy atom. The zero-order valence-electron chi connectivity index (χ0n) is 16.1. The van der Waals surface area contributed by atoms with Gasteiger partial charge in [0.25, 0.3) is 0 Å². The molecular weight excluding hydrogens is 368 g/mol. The van der Waals surface area contributed by atoms with E-state index in [0.717, 1.165) is 12.0 Å². The molecular formula is C19H28N2O5S. The first kappa shape index (κ1) is 21.2. The van der Waals surface area contributed by atoms with E-state index in [4.69, 9.17) is 9.47 Å². The van der Waals surface area contributed by atoms with Crippen molar-refractivity contribution < 1.29 is 22.7 Å². The number of amides is 1. The summed E-state index contributed by atoms with van der Waals surface area (Å²) in [5.41, 5.74) is 3.20. The topological polar surface area (TPSA) is 94.1 Å². The van der Waals surface area contributed by atoms with Gasteiger partial charge < -0.3 is 9.47 Å². The molecule has 0 radical (unpaired) electrons. The van der Waals surface area contributed by atoms with Crippen LogP contribution in [0.15, 0.2) is 23.3 Å². The average Bonchev–Trinajstić information content (AvgIpc) is 2.93. The molecule has 0 spiro atoms. The van der Waals surface area contributed by atoms with Gasteiger partial charge >= 0.3 is 0 Å². The van der Waals surface area contributed by atoms with E-state index in [1.807, 2.05) is 12.1 Å². The molecule has 1 aliphatic heterocycles. The highest BCUT2D eigenvalue weighted by atomic mass is 32.2. The van der Waals surface area contributed by atoms with Crippen LogP contribution < -0.4 is 14.9 Å². The second kappa shape index (κ2) is 9.73. The Balaban J connectivity index is 1.86. The maximum Gasteiger partial charge on any atom is 0.240 e. The molecule has 7 nitrogen and oxygen atoms in total. The molecule has 1 amide bonds. The van der Waals surface area contributed by atoms with Crippen LogP contribution in [-0.4, -0.2) is 45.8 Å². The van der Waals surface area contributed by atoms with Crippen LogP contribution in [0.5, 0.6) is 11.5 Å². The number of benzene rings is 1. The lowest BCUT2D eigenvalue weighted by atomic mass is 10.1. The summed E-state index contributed by atoms with van der Waals surface area (Å²) >= 11 is 0. The zero-order valence-corrected chi connectivity index (χ0v) is 16.9. The Bertz CT molecular complexity index is 774. The number of rotatable bonds is 9. The van der Waals surface area contributed by atoms with E-state index in [1.54, 1.807) is 13.2 Å². The third-order valence-corrected chi connectivity index (χ3v) is 6.18. The summed E-state index contributed by atoms with van der Waals surface area (Å²) in [5.74, 6) is 1.68. The van der Waals surface area contributed by atoms with Gasteiger partial charge in [0.2, 0.25) is 5.91 Å². The summed E-state index contributed by atoms with van der Waals surface area (Å²) in [6.07, 6.45) is 3.18. The number of hydrazone groups is 1. The average molecular weight is 397 g/mol. The van der Waals surface area contributed by atoms with Crippen LogP contribution in [0, 0.1) is 11.8 Å². The van der Waals surface area contributed by atoms with Crippen molar-refractivity contribution in [3.8, 4) is 11.5 Å². The van der Waals surface area contributed by atoms with Crippen LogP contribution >= 0.6 is 0 Å². The molecule has 1 atom stereocenters. The Kier molecular flexibility index (Phi) is 7.65. The van der Waals surface area contributed by atoms with Crippen molar-refractivity contribution in [2.75, 3.05) is 25.2 Å². The Morgan fingerprint density at radius 1 is 1.37 bits per heavy atom. The van der Waals surface area contributed by atoms with E-state index >= 15 is 0 Å². The first-order chi connectivity index (χ1) is 12.8. The molecule has 1 heterocycles. The van der Waals surface area contributed by atoms with Crippen LogP contribution in [0.4, 0.5) is 0 Å². The van der Waals surface area contributed by atoms with E-state index in [2.05, 4.69) is 24.4 Å². The first-order valence-electron chi connectivity index (χ1n) is 9.12. The van der Waals surface area contributed by atoms with E-state index in [1.165, 1.54) is 6.21 Å². The summed E-state index contributed by atoms with van der Waals surface area (Å²) in [5, 5.41) is 3.94. The summed E-state index contributed by atoms with van der Waals surface area (Å²) in [7, 11) is -1.40. The van der Waals surface area contributed by atoms with Gasteiger partial charge in [-0.3, -0.25) is 4.79 Å². The number of ether oxygens (including phenoxy) is 2. The van der Waals surface area contributed by atoms with Crippen molar-refractivity contribution in [1.82, 2.24) is 5.43 Å². The van der Waals surface area contributed by atoms with Crippen molar-refractivity contribution >= 4 is 22.0 Å². The molecule has 27 heavy (non-hydrogen) atoms. The summed E-state index contributed by atoms with van der Waals surface area (Å²) in [4.78, 5) is 11.9. The molecule has 150 valence electrons. The van der Waals surface area contributed by atoms with Gasteiger partial charge in [0.05, 0.1) is 31.4 Å². The lowest BCUT2D eigenvalue weighted by molar-refractivity contribution is -0.121. The second-order valence-corrected chi connectivity index (χ2v) is 9.44. The third-order valence-electron chi connectivity index (χ3n) is 4.34. The Labute approximate surface area is 161 Å². The van der Waals surface area contributed by atoms with Crippen LogP contribution in [0.3, 0.4) is 0 Å². The summed E-state index contributed by atoms with van der Waals surface area (Å²) in [6, 6.07) is 5.42. The van der Waals surface area contributed by atoms with E-state index in [-0.39, 0.29) is 29.8 Å². The second-order valence-electron chi connectivity index (χ2n) is 7.21. The molecule has 0 aromatic heterocycles. The fraction of sp³-hybridized carbons (Fsp3) is 0.579. The molecule has 2 rings (SSSR count). The number of nitrogens with zero attached hydrogens (tertiary/aromatic N) is 1. The molecule has 1 aliphatic rings. The van der Waals surface area contributed by atoms with E-state index in [9.17, 15) is 13.2 Å².